The molecule has 0 unspecified atom stereocenters. The van der Waals surface area contributed by atoms with Crippen LogP contribution in [0.15, 0.2) is 24.3 Å². The first-order valence-corrected chi connectivity index (χ1v) is 5.60. The van der Waals surface area contributed by atoms with Crippen molar-refractivity contribution in [1.29, 1.82) is 0 Å². The first-order valence-electron chi connectivity index (χ1n) is 4.62. The third-order valence-corrected chi connectivity index (χ3v) is 2.43. The van der Waals surface area contributed by atoms with Crippen molar-refractivity contribution in [3.8, 4) is 0 Å². The summed E-state index contributed by atoms with van der Waals surface area (Å²) < 4.78 is 39.9. The highest BCUT2D eigenvalue weighted by atomic mass is 32.2. The molecule has 17 heavy (non-hydrogen) atoms. The Balaban J connectivity index is 2.33. The van der Waals surface area contributed by atoms with E-state index in [1.807, 2.05) is 0 Å². The monoisotopic (exact) mass is 265 g/mol. The van der Waals surface area contributed by atoms with Gasteiger partial charge in [0.15, 0.2) is 0 Å². The quantitative estimate of drug-likeness (QED) is 0.516. The normalized spacial score (nSPS) is 11.2. The van der Waals surface area contributed by atoms with Crippen molar-refractivity contribution in [2.24, 2.45) is 0 Å². The van der Waals surface area contributed by atoms with E-state index in [1.54, 1.807) is 0 Å². The largest absolute Gasteiger partial charge is 0.461 e. The molecule has 0 aliphatic carbocycles. The average Bonchev–Trinajstić information content (AvgIpc) is 2.24. The zero-order chi connectivity index (χ0) is 12.9. The van der Waals surface area contributed by atoms with Gasteiger partial charge >= 0.3 is 11.5 Å². The van der Waals surface area contributed by atoms with Crippen molar-refractivity contribution in [2.75, 3.05) is 18.1 Å². The van der Waals surface area contributed by atoms with Crippen molar-refractivity contribution in [3.05, 3.63) is 29.8 Å². The predicted molar refractivity (Wildman–Crippen MR) is 59.6 cm³/mol. The zero-order valence-corrected chi connectivity index (χ0v) is 9.48. The molecule has 7 heteroatoms. The molecule has 0 saturated heterocycles. The summed E-state index contributed by atoms with van der Waals surface area (Å²) in [5.74, 6) is -0.975. The van der Waals surface area contributed by atoms with Crippen LogP contribution < -0.4 is 5.73 Å². The Hall–Kier alpha value is -1.37. The van der Waals surface area contributed by atoms with Crippen molar-refractivity contribution >= 4 is 23.4 Å². The molecule has 0 atom stereocenters. The minimum Gasteiger partial charge on any atom is -0.461 e. The highest BCUT2D eigenvalue weighted by Crippen LogP contribution is 2.29. The summed E-state index contributed by atoms with van der Waals surface area (Å²) >= 11 is -0.224. The van der Waals surface area contributed by atoms with E-state index >= 15 is 0 Å². The summed E-state index contributed by atoms with van der Waals surface area (Å²) in [6, 6.07) is 5.94. The maximum Gasteiger partial charge on any atom is 0.441 e. The van der Waals surface area contributed by atoms with Gasteiger partial charge in [-0.1, -0.05) is 0 Å². The number of thioether (sulfide) groups is 1. The molecule has 0 amide bonds. The Labute approximate surface area is 100 Å². The number of carbonyl (C=O) groups excluding carboxylic acids is 1. The van der Waals surface area contributed by atoms with Gasteiger partial charge in [-0.2, -0.15) is 13.2 Å². The van der Waals surface area contributed by atoms with Crippen LogP contribution in [0, 0.1) is 0 Å². The molecule has 0 aliphatic rings. The van der Waals surface area contributed by atoms with Gasteiger partial charge < -0.3 is 10.5 Å². The van der Waals surface area contributed by atoms with Crippen molar-refractivity contribution < 1.29 is 22.7 Å². The maximum absolute atomic E-state index is 11.8. The van der Waals surface area contributed by atoms with Crippen LogP contribution in [0.25, 0.3) is 0 Å². The van der Waals surface area contributed by atoms with Crippen LogP contribution in [-0.2, 0) is 4.74 Å². The van der Waals surface area contributed by atoms with Gasteiger partial charge in [0.05, 0.1) is 5.56 Å². The van der Waals surface area contributed by atoms with E-state index in [4.69, 9.17) is 5.73 Å². The fourth-order valence-electron chi connectivity index (χ4n) is 0.994. The van der Waals surface area contributed by atoms with Crippen LogP contribution in [0.4, 0.5) is 18.9 Å². The molecule has 3 nitrogen and oxygen atoms in total. The second kappa shape index (κ2) is 5.81. The maximum atomic E-state index is 11.8. The number of hydrogen-bond donors (Lipinski definition) is 1. The van der Waals surface area contributed by atoms with Gasteiger partial charge in [0, 0.05) is 11.4 Å². The molecule has 0 spiro atoms. The molecule has 0 aromatic heterocycles. The van der Waals surface area contributed by atoms with Gasteiger partial charge in [0.1, 0.15) is 6.61 Å². The lowest BCUT2D eigenvalue weighted by atomic mass is 10.2. The highest BCUT2D eigenvalue weighted by Gasteiger charge is 2.27. The van der Waals surface area contributed by atoms with E-state index in [9.17, 15) is 18.0 Å². The highest BCUT2D eigenvalue weighted by molar-refractivity contribution is 8.00. The van der Waals surface area contributed by atoms with E-state index in [0.29, 0.717) is 5.69 Å². The lowest BCUT2D eigenvalue weighted by molar-refractivity contribution is -0.0331. The number of esters is 1. The topological polar surface area (TPSA) is 52.3 Å². The number of anilines is 1. The average molecular weight is 265 g/mol. The number of alkyl halides is 3. The van der Waals surface area contributed by atoms with Gasteiger partial charge in [0.25, 0.3) is 0 Å². The minimum absolute atomic E-state index is 0.224. The zero-order valence-electron chi connectivity index (χ0n) is 8.66. The van der Waals surface area contributed by atoms with Gasteiger partial charge in [-0.15, -0.1) is 0 Å². The number of nitrogen functional groups attached to an aromatic ring is 1. The van der Waals surface area contributed by atoms with E-state index in [2.05, 4.69) is 4.74 Å². The fraction of sp³-hybridized carbons (Fsp3) is 0.300. The van der Waals surface area contributed by atoms with E-state index in [-0.39, 0.29) is 29.7 Å². The number of benzene rings is 1. The molecule has 1 rings (SSSR count). The molecule has 0 fully saturated rings. The number of ether oxygens (including phenoxy) is 1. The van der Waals surface area contributed by atoms with E-state index in [1.165, 1.54) is 24.3 Å². The Morgan fingerprint density at radius 1 is 1.29 bits per heavy atom. The number of carbonyl (C=O) groups is 1. The Kier molecular flexibility index (Phi) is 4.68. The molecule has 0 saturated carbocycles. The Morgan fingerprint density at radius 3 is 2.41 bits per heavy atom. The minimum atomic E-state index is -4.30. The van der Waals surface area contributed by atoms with Crippen molar-refractivity contribution in [1.82, 2.24) is 0 Å². The summed E-state index contributed by atoms with van der Waals surface area (Å²) in [5, 5.41) is 0. The van der Waals surface area contributed by atoms with E-state index in [0.717, 1.165) is 0 Å². The summed E-state index contributed by atoms with van der Waals surface area (Å²) in [7, 11) is 0. The second-order valence-corrected chi connectivity index (χ2v) is 4.21. The molecule has 0 bridgehead atoms. The predicted octanol–water partition coefficient (Wildman–Crippen LogP) is 2.68. The van der Waals surface area contributed by atoms with Gasteiger partial charge in [-0.3, -0.25) is 0 Å². The van der Waals surface area contributed by atoms with Crippen LogP contribution >= 0.6 is 11.8 Å². The van der Waals surface area contributed by atoms with Gasteiger partial charge in [-0.25, -0.2) is 4.79 Å². The summed E-state index contributed by atoms with van der Waals surface area (Å²) in [5.41, 5.74) is 1.87. The van der Waals surface area contributed by atoms with Crippen molar-refractivity contribution in [2.45, 2.75) is 5.51 Å². The molecular formula is C10H10F3NO2S. The molecule has 1 aromatic carbocycles. The molecule has 1 aromatic rings. The van der Waals surface area contributed by atoms with Crippen molar-refractivity contribution in [3.63, 3.8) is 0 Å². The van der Waals surface area contributed by atoms with Gasteiger partial charge in [-0.05, 0) is 36.0 Å². The van der Waals surface area contributed by atoms with Crippen LogP contribution in [0.2, 0.25) is 0 Å². The Morgan fingerprint density at radius 2 is 1.88 bits per heavy atom. The SMILES string of the molecule is Nc1ccc(C(=O)OCCSC(F)(F)F)cc1. The number of nitrogens with two attached hydrogens (primary N) is 1. The molecule has 94 valence electrons. The fourth-order valence-corrected chi connectivity index (χ4v) is 1.39. The standard InChI is InChI=1S/C10H10F3NO2S/c11-10(12,13)17-6-5-16-9(15)7-1-3-8(14)4-2-7/h1-4H,5-6,14H2. The number of rotatable bonds is 4. The Bertz CT molecular complexity index is 378. The molecule has 2 N–H and O–H groups in total. The number of hydrogen-bond acceptors (Lipinski definition) is 4. The lowest BCUT2D eigenvalue weighted by Crippen LogP contribution is -2.10. The molecular weight excluding hydrogens is 255 g/mol. The first-order chi connectivity index (χ1) is 7.88. The molecule has 0 heterocycles. The summed E-state index contributed by atoms with van der Waals surface area (Å²) in [4.78, 5) is 11.3. The molecule has 0 radical (unpaired) electrons. The summed E-state index contributed by atoms with van der Waals surface area (Å²) in [6.07, 6.45) is 0. The van der Waals surface area contributed by atoms with Crippen LogP contribution in [0.5, 0.6) is 0 Å². The van der Waals surface area contributed by atoms with Crippen LogP contribution in [0.1, 0.15) is 10.4 Å². The van der Waals surface area contributed by atoms with E-state index < -0.39 is 11.5 Å². The van der Waals surface area contributed by atoms with Gasteiger partial charge in [0.2, 0.25) is 0 Å². The third-order valence-electron chi connectivity index (χ3n) is 1.73. The first kappa shape index (κ1) is 13.7. The third kappa shape index (κ3) is 5.48. The smallest absolute Gasteiger partial charge is 0.441 e. The van der Waals surface area contributed by atoms with Crippen LogP contribution in [0.3, 0.4) is 0 Å². The molecule has 0 aliphatic heterocycles. The number of halogens is 3. The summed E-state index contributed by atoms with van der Waals surface area (Å²) in [6.45, 7) is -0.284. The second-order valence-electron chi connectivity index (χ2n) is 3.05. The lowest BCUT2D eigenvalue weighted by Gasteiger charge is -2.06. The van der Waals surface area contributed by atoms with Crippen LogP contribution in [-0.4, -0.2) is 23.8 Å².